The van der Waals surface area contributed by atoms with Crippen LogP contribution in [-0.4, -0.2) is 32.8 Å². The molecule has 2 unspecified atom stereocenters. The van der Waals surface area contributed by atoms with Gasteiger partial charge in [-0.15, -0.1) is 0 Å². The molecule has 1 saturated carbocycles. The monoisotopic (exact) mass is 355 g/mol. The Kier molecular flexibility index (Phi) is 5.71. The van der Waals surface area contributed by atoms with E-state index < -0.39 is 11.9 Å². The smallest absolute Gasteiger partial charge is 0.308 e. The number of carbonyl (C=O) groups excluding carboxylic acids is 1. The van der Waals surface area contributed by atoms with Crippen molar-refractivity contribution in [3.8, 4) is 5.69 Å². The van der Waals surface area contributed by atoms with Crippen LogP contribution in [0.3, 0.4) is 0 Å². The Balaban J connectivity index is 1.78. The third-order valence-electron chi connectivity index (χ3n) is 5.06. The van der Waals surface area contributed by atoms with Crippen LogP contribution in [-0.2, 0) is 4.79 Å². The number of nitrogens with one attached hydrogen (secondary N) is 1. The van der Waals surface area contributed by atoms with Crippen LogP contribution < -0.4 is 5.32 Å². The first-order valence-corrected chi connectivity index (χ1v) is 9.21. The third kappa shape index (κ3) is 4.12. The second-order valence-corrected chi connectivity index (χ2v) is 6.92. The molecule has 138 valence electrons. The summed E-state index contributed by atoms with van der Waals surface area (Å²) in [5, 5.41) is 16.9. The van der Waals surface area contributed by atoms with Crippen LogP contribution in [0, 0.1) is 12.8 Å². The van der Waals surface area contributed by atoms with Crippen LogP contribution in [0.5, 0.6) is 0 Å². The van der Waals surface area contributed by atoms with E-state index in [2.05, 4.69) is 10.4 Å². The minimum Gasteiger partial charge on any atom is -0.481 e. The van der Waals surface area contributed by atoms with Crippen LogP contribution >= 0.6 is 0 Å². The number of carbonyl (C=O) groups is 2. The molecule has 0 radical (unpaired) electrons. The maximum Gasteiger partial charge on any atom is 0.308 e. The maximum absolute atomic E-state index is 12.8. The Labute approximate surface area is 153 Å². The van der Waals surface area contributed by atoms with E-state index in [4.69, 9.17) is 0 Å². The lowest BCUT2D eigenvalue weighted by atomic mass is 9.86. The fourth-order valence-electron chi connectivity index (χ4n) is 3.59. The van der Waals surface area contributed by atoms with Crippen molar-refractivity contribution in [1.82, 2.24) is 15.1 Å². The van der Waals surface area contributed by atoms with Crippen molar-refractivity contribution < 1.29 is 14.7 Å². The summed E-state index contributed by atoms with van der Waals surface area (Å²) < 4.78 is 1.68. The molecular weight excluding hydrogens is 330 g/mol. The standard InChI is InChI=1S/C20H25N3O3/c1-14-17(13-23(22-14)15-9-5-4-6-10-15)19(24)21-18-12-8-3-2-7-11-16(18)20(25)26/h4-6,9-10,13,16,18H,2-3,7-8,11-12H2,1H3,(H,21,24)(H,25,26). The van der Waals surface area contributed by atoms with Gasteiger partial charge in [0.2, 0.25) is 0 Å². The van der Waals surface area contributed by atoms with Gasteiger partial charge < -0.3 is 10.4 Å². The van der Waals surface area contributed by atoms with Crippen LogP contribution in [0.1, 0.15) is 54.6 Å². The lowest BCUT2D eigenvalue weighted by Crippen LogP contribution is -2.44. The van der Waals surface area contributed by atoms with Gasteiger partial charge >= 0.3 is 5.97 Å². The second kappa shape index (κ2) is 8.17. The number of benzene rings is 1. The van der Waals surface area contributed by atoms with Crippen LogP contribution in [0.2, 0.25) is 0 Å². The second-order valence-electron chi connectivity index (χ2n) is 6.92. The van der Waals surface area contributed by atoms with Crippen molar-refractivity contribution in [3.63, 3.8) is 0 Å². The largest absolute Gasteiger partial charge is 0.481 e. The van der Waals surface area contributed by atoms with Crippen LogP contribution in [0.4, 0.5) is 0 Å². The summed E-state index contributed by atoms with van der Waals surface area (Å²) in [6, 6.07) is 9.26. The first-order chi connectivity index (χ1) is 12.6. The van der Waals surface area contributed by atoms with Gasteiger partial charge in [-0.05, 0) is 31.9 Å². The summed E-state index contributed by atoms with van der Waals surface area (Å²) in [6.07, 6.45) is 7.01. The molecule has 6 heteroatoms. The number of carboxylic acids is 1. The number of aliphatic carboxylic acids is 1. The molecular formula is C20H25N3O3. The van der Waals surface area contributed by atoms with E-state index in [1.165, 1.54) is 0 Å². The molecule has 1 aliphatic carbocycles. The van der Waals surface area contributed by atoms with E-state index in [0.29, 0.717) is 24.1 Å². The number of nitrogens with zero attached hydrogens (tertiary/aromatic N) is 2. The highest BCUT2D eigenvalue weighted by Crippen LogP contribution is 2.24. The molecule has 2 aromatic rings. The zero-order valence-electron chi connectivity index (χ0n) is 15.0. The van der Waals surface area contributed by atoms with E-state index in [0.717, 1.165) is 31.4 Å². The van der Waals surface area contributed by atoms with Crippen molar-refractivity contribution in [2.24, 2.45) is 5.92 Å². The number of para-hydroxylation sites is 1. The fourth-order valence-corrected chi connectivity index (χ4v) is 3.59. The minimum atomic E-state index is -0.825. The van der Waals surface area contributed by atoms with Crippen LogP contribution in [0.25, 0.3) is 5.69 Å². The summed E-state index contributed by atoms with van der Waals surface area (Å²) in [7, 11) is 0. The molecule has 1 aliphatic rings. The summed E-state index contributed by atoms with van der Waals surface area (Å²) in [4.78, 5) is 24.4. The fraction of sp³-hybridized carbons (Fsp3) is 0.450. The van der Waals surface area contributed by atoms with Gasteiger partial charge in [0.1, 0.15) is 0 Å². The predicted molar refractivity (Wildman–Crippen MR) is 98.4 cm³/mol. The SMILES string of the molecule is Cc1nn(-c2ccccc2)cc1C(=O)NC1CCCCCCC1C(=O)O. The zero-order chi connectivity index (χ0) is 18.5. The lowest BCUT2D eigenvalue weighted by molar-refractivity contribution is -0.143. The zero-order valence-corrected chi connectivity index (χ0v) is 15.0. The van der Waals surface area contributed by atoms with Crippen molar-refractivity contribution >= 4 is 11.9 Å². The molecule has 0 spiro atoms. The quantitative estimate of drug-likeness (QED) is 0.881. The highest BCUT2D eigenvalue weighted by atomic mass is 16.4. The average molecular weight is 355 g/mol. The summed E-state index contributed by atoms with van der Waals surface area (Å²) >= 11 is 0. The first-order valence-electron chi connectivity index (χ1n) is 9.21. The number of amides is 1. The average Bonchev–Trinajstić information content (AvgIpc) is 3.00. The molecule has 2 N–H and O–H groups in total. The first kappa shape index (κ1) is 18.2. The molecule has 1 aromatic carbocycles. The number of hydrogen-bond acceptors (Lipinski definition) is 3. The molecule has 0 saturated heterocycles. The molecule has 1 fully saturated rings. The number of rotatable bonds is 4. The normalized spacial score (nSPS) is 20.8. The number of hydrogen-bond donors (Lipinski definition) is 2. The number of carboxylic acid groups (broad SMARTS) is 1. The number of aromatic nitrogens is 2. The molecule has 6 nitrogen and oxygen atoms in total. The summed E-state index contributed by atoms with van der Waals surface area (Å²) in [6.45, 7) is 1.79. The molecule has 0 bridgehead atoms. The predicted octanol–water partition coefficient (Wildman–Crippen LogP) is 3.33. The Morgan fingerprint density at radius 1 is 1.12 bits per heavy atom. The van der Waals surface area contributed by atoms with Gasteiger partial charge in [-0.3, -0.25) is 9.59 Å². The topological polar surface area (TPSA) is 84.2 Å². The molecule has 26 heavy (non-hydrogen) atoms. The Morgan fingerprint density at radius 3 is 2.50 bits per heavy atom. The Morgan fingerprint density at radius 2 is 1.81 bits per heavy atom. The van der Waals surface area contributed by atoms with Crippen molar-refractivity contribution in [3.05, 3.63) is 47.8 Å². The van der Waals surface area contributed by atoms with Gasteiger partial charge in [-0.1, -0.05) is 43.9 Å². The highest BCUT2D eigenvalue weighted by molar-refractivity contribution is 5.95. The lowest BCUT2D eigenvalue weighted by Gasteiger charge is -2.27. The minimum absolute atomic E-state index is 0.249. The van der Waals surface area contributed by atoms with E-state index in [1.807, 2.05) is 30.3 Å². The Bertz CT molecular complexity index is 770. The van der Waals surface area contributed by atoms with E-state index in [-0.39, 0.29) is 11.9 Å². The molecule has 0 aliphatic heterocycles. The highest BCUT2D eigenvalue weighted by Gasteiger charge is 2.30. The maximum atomic E-state index is 12.8. The Hall–Kier alpha value is -2.63. The van der Waals surface area contributed by atoms with Gasteiger partial charge in [-0.25, -0.2) is 4.68 Å². The molecule has 1 heterocycles. The third-order valence-corrected chi connectivity index (χ3v) is 5.06. The molecule has 2 atom stereocenters. The van der Waals surface area contributed by atoms with Crippen molar-refractivity contribution in [2.75, 3.05) is 0 Å². The van der Waals surface area contributed by atoms with Crippen molar-refractivity contribution in [2.45, 2.75) is 51.5 Å². The van der Waals surface area contributed by atoms with E-state index in [9.17, 15) is 14.7 Å². The van der Waals surface area contributed by atoms with E-state index in [1.54, 1.807) is 17.8 Å². The van der Waals surface area contributed by atoms with Gasteiger partial charge in [-0.2, -0.15) is 5.10 Å². The molecule has 1 amide bonds. The van der Waals surface area contributed by atoms with Crippen LogP contribution in [0.15, 0.2) is 36.5 Å². The van der Waals surface area contributed by atoms with Gasteiger partial charge in [0.25, 0.3) is 5.91 Å². The summed E-state index contributed by atoms with van der Waals surface area (Å²) in [5.74, 6) is -1.60. The van der Waals surface area contributed by atoms with Gasteiger partial charge in [0.15, 0.2) is 0 Å². The molecule has 1 aromatic heterocycles. The summed E-state index contributed by atoms with van der Waals surface area (Å²) in [5.41, 5.74) is 1.99. The van der Waals surface area contributed by atoms with Gasteiger partial charge in [0.05, 0.1) is 22.9 Å². The number of aryl methyl sites for hydroxylation is 1. The van der Waals surface area contributed by atoms with Gasteiger partial charge in [0, 0.05) is 12.2 Å². The van der Waals surface area contributed by atoms with Crippen molar-refractivity contribution in [1.29, 1.82) is 0 Å². The molecule has 3 rings (SSSR count). The van der Waals surface area contributed by atoms with E-state index >= 15 is 0 Å².